The fraction of sp³-hybridized carbons (Fsp3) is 0.519. The van der Waals surface area contributed by atoms with Crippen molar-refractivity contribution in [3.05, 3.63) is 40.7 Å². The highest BCUT2D eigenvalue weighted by Crippen LogP contribution is 2.46. The smallest absolute Gasteiger partial charge is 0.163 e. The molecule has 1 aliphatic carbocycles. The van der Waals surface area contributed by atoms with Gasteiger partial charge < -0.3 is 24.6 Å². The van der Waals surface area contributed by atoms with E-state index >= 15 is 0 Å². The lowest BCUT2D eigenvalue weighted by molar-refractivity contribution is 0.108. The number of hydrogen-bond acceptors (Lipinski definition) is 8. The standard InChI is InChI=1S/C27H34ClN5O3/c1-17-25(18(2)36-32-17)23-12-24(33-15-27(16-33)9-5-4-6-10-27)31-26(30-23)21-11-20(7-8-22(21)28)35-14-19(34)13-29-3/h7-8,11-12,19,29,34H,4-6,9-10,13-16H2,1-3H3/t19-/m1/s1. The van der Waals surface area contributed by atoms with Gasteiger partial charge in [0, 0.05) is 36.7 Å². The summed E-state index contributed by atoms with van der Waals surface area (Å²) in [5, 5.41) is 17.6. The van der Waals surface area contributed by atoms with E-state index in [0.29, 0.717) is 34.1 Å². The van der Waals surface area contributed by atoms with Crippen molar-refractivity contribution >= 4 is 17.4 Å². The molecule has 1 aromatic carbocycles. The van der Waals surface area contributed by atoms with E-state index in [0.717, 1.165) is 41.6 Å². The van der Waals surface area contributed by atoms with E-state index < -0.39 is 6.10 Å². The van der Waals surface area contributed by atoms with Crippen molar-refractivity contribution in [3.63, 3.8) is 0 Å². The molecule has 1 saturated heterocycles. The largest absolute Gasteiger partial charge is 0.491 e. The molecule has 3 aromatic rings. The highest BCUT2D eigenvalue weighted by atomic mass is 35.5. The van der Waals surface area contributed by atoms with Gasteiger partial charge in [-0.25, -0.2) is 9.97 Å². The Bertz CT molecular complexity index is 1200. The number of benzene rings is 1. The molecule has 2 fully saturated rings. The first-order chi connectivity index (χ1) is 17.4. The van der Waals surface area contributed by atoms with E-state index in [2.05, 4.69) is 15.4 Å². The number of hydrogen-bond donors (Lipinski definition) is 2. The van der Waals surface area contributed by atoms with Crippen LogP contribution in [0.2, 0.25) is 5.02 Å². The van der Waals surface area contributed by atoms with Gasteiger partial charge in [-0.1, -0.05) is 36.0 Å². The minimum Gasteiger partial charge on any atom is -0.491 e. The number of aryl methyl sites for hydroxylation is 2. The van der Waals surface area contributed by atoms with Crippen LogP contribution in [0, 0.1) is 19.3 Å². The Labute approximate surface area is 217 Å². The molecule has 36 heavy (non-hydrogen) atoms. The molecule has 1 aliphatic heterocycles. The van der Waals surface area contributed by atoms with Crippen molar-refractivity contribution in [2.45, 2.75) is 52.1 Å². The van der Waals surface area contributed by atoms with Gasteiger partial charge in [0.15, 0.2) is 5.82 Å². The third-order valence-corrected chi connectivity index (χ3v) is 7.68. The van der Waals surface area contributed by atoms with Crippen LogP contribution in [-0.2, 0) is 0 Å². The van der Waals surface area contributed by atoms with E-state index in [4.69, 9.17) is 30.8 Å². The van der Waals surface area contributed by atoms with Crippen LogP contribution in [0.15, 0.2) is 28.8 Å². The molecule has 2 aromatic heterocycles. The van der Waals surface area contributed by atoms with Crippen LogP contribution in [0.5, 0.6) is 5.75 Å². The number of aliphatic hydroxyl groups is 1. The van der Waals surface area contributed by atoms with Gasteiger partial charge in [-0.3, -0.25) is 0 Å². The van der Waals surface area contributed by atoms with Gasteiger partial charge in [0.25, 0.3) is 0 Å². The van der Waals surface area contributed by atoms with E-state index in [-0.39, 0.29) is 6.61 Å². The Hall–Kier alpha value is -2.68. The molecule has 0 amide bonds. The predicted molar refractivity (Wildman–Crippen MR) is 141 cm³/mol. The van der Waals surface area contributed by atoms with Crippen molar-refractivity contribution in [1.82, 2.24) is 20.4 Å². The third-order valence-electron chi connectivity index (χ3n) is 7.35. The molecule has 2 aliphatic rings. The van der Waals surface area contributed by atoms with Gasteiger partial charge in [0.1, 0.15) is 30.0 Å². The second-order valence-electron chi connectivity index (χ2n) is 10.2. The Kier molecular flexibility index (Phi) is 7.19. The SMILES string of the molecule is CNC[C@@H](O)COc1ccc(Cl)c(-c2nc(-c3c(C)noc3C)cc(N3CC4(CCCCC4)C3)n2)c1. The second-order valence-corrected chi connectivity index (χ2v) is 10.6. The number of likely N-dealkylation sites (N-methyl/N-ethyl adjacent to an activating group) is 1. The van der Waals surface area contributed by atoms with Crippen LogP contribution < -0.4 is 15.0 Å². The normalized spacial score (nSPS) is 17.8. The van der Waals surface area contributed by atoms with Gasteiger partial charge in [-0.2, -0.15) is 0 Å². The number of nitrogens with one attached hydrogen (secondary N) is 1. The average molecular weight is 512 g/mol. The van der Waals surface area contributed by atoms with Gasteiger partial charge in [0.2, 0.25) is 0 Å². The molecule has 8 nitrogen and oxygen atoms in total. The Morgan fingerprint density at radius 1 is 1.17 bits per heavy atom. The van der Waals surface area contributed by atoms with Crippen LogP contribution in [-0.4, -0.2) is 59.6 Å². The van der Waals surface area contributed by atoms with Crippen molar-refractivity contribution < 1.29 is 14.4 Å². The van der Waals surface area contributed by atoms with Crippen molar-refractivity contribution in [2.75, 3.05) is 38.2 Å². The summed E-state index contributed by atoms with van der Waals surface area (Å²) in [6.07, 6.45) is 5.96. The molecule has 1 spiro atoms. The van der Waals surface area contributed by atoms with Crippen LogP contribution >= 0.6 is 11.6 Å². The van der Waals surface area contributed by atoms with Gasteiger partial charge in [-0.15, -0.1) is 0 Å². The van der Waals surface area contributed by atoms with Gasteiger partial charge in [-0.05, 0) is 51.9 Å². The minimum atomic E-state index is -0.613. The summed E-state index contributed by atoms with van der Waals surface area (Å²) < 4.78 is 11.3. The number of aliphatic hydroxyl groups excluding tert-OH is 1. The molecular formula is C27H34ClN5O3. The Balaban J connectivity index is 1.50. The lowest BCUT2D eigenvalue weighted by atomic mass is 9.68. The molecule has 9 heteroatoms. The summed E-state index contributed by atoms with van der Waals surface area (Å²) in [5.41, 5.74) is 3.54. The van der Waals surface area contributed by atoms with Crippen LogP contribution in [0.4, 0.5) is 5.82 Å². The van der Waals surface area contributed by atoms with Crippen LogP contribution in [0.3, 0.4) is 0 Å². The third kappa shape index (κ3) is 5.08. The fourth-order valence-electron chi connectivity index (χ4n) is 5.49. The zero-order valence-corrected chi connectivity index (χ0v) is 21.9. The van der Waals surface area contributed by atoms with Gasteiger partial charge >= 0.3 is 0 Å². The first-order valence-corrected chi connectivity index (χ1v) is 13.1. The van der Waals surface area contributed by atoms with E-state index in [9.17, 15) is 5.11 Å². The molecule has 2 N–H and O–H groups in total. The van der Waals surface area contributed by atoms with Crippen molar-refractivity contribution in [3.8, 4) is 28.4 Å². The number of anilines is 1. The molecule has 5 rings (SSSR count). The Morgan fingerprint density at radius 2 is 1.94 bits per heavy atom. The second kappa shape index (κ2) is 10.4. The maximum Gasteiger partial charge on any atom is 0.163 e. The quantitative estimate of drug-likeness (QED) is 0.445. The number of halogens is 1. The van der Waals surface area contributed by atoms with E-state index in [1.54, 1.807) is 19.2 Å². The molecular weight excluding hydrogens is 478 g/mol. The maximum absolute atomic E-state index is 10.0. The molecule has 1 atom stereocenters. The number of nitrogens with zero attached hydrogens (tertiary/aromatic N) is 4. The first-order valence-electron chi connectivity index (χ1n) is 12.7. The van der Waals surface area contributed by atoms with Gasteiger partial charge in [0.05, 0.1) is 22.0 Å². The number of ether oxygens (including phenoxy) is 1. The Morgan fingerprint density at radius 3 is 2.64 bits per heavy atom. The molecule has 192 valence electrons. The summed E-state index contributed by atoms with van der Waals surface area (Å²) in [5.74, 6) is 2.73. The summed E-state index contributed by atoms with van der Waals surface area (Å²) in [6, 6.07) is 7.44. The molecule has 0 bridgehead atoms. The predicted octanol–water partition coefficient (Wildman–Crippen LogP) is 4.80. The summed E-state index contributed by atoms with van der Waals surface area (Å²) in [7, 11) is 1.79. The molecule has 0 unspecified atom stereocenters. The minimum absolute atomic E-state index is 0.170. The number of aromatic nitrogens is 3. The van der Waals surface area contributed by atoms with Crippen molar-refractivity contribution in [1.29, 1.82) is 0 Å². The molecule has 1 saturated carbocycles. The summed E-state index contributed by atoms with van der Waals surface area (Å²) >= 11 is 6.64. The first kappa shape index (κ1) is 25.0. The molecule has 3 heterocycles. The zero-order chi connectivity index (χ0) is 25.3. The monoisotopic (exact) mass is 511 g/mol. The van der Waals surface area contributed by atoms with Crippen LogP contribution in [0.25, 0.3) is 22.6 Å². The fourth-order valence-corrected chi connectivity index (χ4v) is 5.69. The average Bonchev–Trinajstić information content (AvgIpc) is 3.20. The topological polar surface area (TPSA) is 96.5 Å². The lowest BCUT2D eigenvalue weighted by Crippen LogP contribution is -2.57. The summed E-state index contributed by atoms with van der Waals surface area (Å²) in [4.78, 5) is 12.2. The highest BCUT2D eigenvalue weighted by Gasteiger charge is 2.44. The van der Waals surface area contributed by atoms with Crippen molar-refractivity contribution in [2.24, 2.45) is 5.41 Å². The summed E-state index contributed by atoms with van der Waals surface area (Å²) in [6.45, 7) is 6.48. The molecule has 0 radical (unpaired) electrons. The maximum atomic E-state index is 10.0. The highest BCUT2D eigenvalue weighted by molar-refractivity contribution is 6.33. The van der Waals surface area contributed by atoms with E-state index in [1.807, 2.05) is 26.0 Å². The zero-order valence-electron chi connectivity index (χ0n) is 21.2. The van der Waals surface area contributed by atoms with Crippen LogP contribution in [0.1, 0.15) is 43.6 Å². The lowest BCUT2D eigenvalue weighted by Gasteiger charge is -2.53. The number of rotatable bonds is 8. The van der Waals surface area contributed by atoms with E-state index in [1.165, 1.54) is 32.1 Å².